The van der Waals surface area contributed by atoms with E-state index in [-0.39, 0.29) is 17.4 Å². The van der Waals surface area contributed by atoms with Gasteiger partial charge in [-0.3, -0.25) is 9.48 Å². The van der Waals surface area contributed by atoms with Crippen molar-refractivity contribution in [2.75, 3.05) is 20.8 Å². The van der Waals surface area contributed by atoms with Crippen molar-refractivity contribution in [1.29, 1.82) is 0 Å². The Morgan fingerprint density at radius 2 is 1.77 bits per heavy atom. The van der Waals surface area contributed by atoms with Gasteiger partial charge in [0.1, 0.15) is 5.69 Å². The molecule has 8 nitrogen and oxygen atoms in total. The number of aromatic nitrogens is 3. The fraction of sp³-hybridized carbons (Fsp3) is 0.567. The number of halogens is 1. The Kier molecular flexibility index (Phi) is 9.96. The summed E-state index contributed by atoms with van der Waals surface area (Å²) in [6.45, 7) is 19.1. The Labute approximate surface area is 244 Å². The third-order valence-electron chi connectivity index (χ3n) is 8.23. The van der Waals surface area contributed by atoms with E-state index in [0.29, 0.717) is 36.8 Å². The highest BCUT2D eigenvalue weighted by Crippen LogP contribution is 2.42. The number of carbonyl (C=O) groups excluding carboxylic acids is 2. The second kappa shape index (κ2) is 12.5. The molecule has 2 aromatic heterocycles. The molecule has 0 aliphatic carbocycles. The Morgan fingerprint density at radius 1 is 1.10 bits per heavy atom. The highest BCUT2D eigenvalue weighted by Gasteiger charge is 2.37. The number of ether oxygens (including phenoxy) is 2. The van der Waals surface area contributed by atoms with Gasteiger partial charge in [0.2, 0.25) is 0 Å². The first-order chi connectivity index (χ1) is 18.7. The first-order valence-electron chi connectivity index (χ1n) is 13.9. The number of hydrogen-bond donors (Lipinski definition) is 0. The van der Waals surface area contributed by atoms with E-state index >= 15 is 0 Å². The molecule has 0 radical (unpaired) electrons. The van der Waals surface area contributed by atoms with E-state index in [1.807, 2.05) is 42.2 Å². The molecule has 10 heteroatoms. The predicted molar refractivity (Wildman–Crippen MR) is 163 cm³/mol. The average Bonchev–Trinajstić information content (AvgIpc) is 3.36. The lowest BCUT2D eigenvalue weighted by molar-refractivity contribution is -0.140. The van der Waals surface area contributed by atoms with Crippen molar-refractivity contribution < 1.29 is 23.5 Å². The molecule has 0 spiro atoms. The number of hydrogen-bond acceptors (Lipinski definition) is 6. The number of esters is 2. The van der Waals surface area contributed by atoms with Crippen molar-refractivity contribution in [2.45, 2.75) is 92.0 Å². The largest absolute Gasteiger partial charge is 0.469 e. The van der Waals surface area contributed by atoms with E-state index in [2.05, 4.69) is 33.9 Å². The Balaban J connectivity index is 2.16. The number of carbonyl (C=O) groups is 2. The molecule has 40 heavy (non-hydrogen) atoms. The van der Waals surface area contributed by atoms with Crippen LogP contribution >= 0.6 is 11.6 Å². The molecule has 3 aromatic rings. The Morgan fingerprint density at radius 3 is 2.35 bits per heavy atom. The molecular formula is C30H44ClN3O5Si. The minimum atomic E-state index is -1.85. The molecule has 0 saturated carbocycles. The molecule has 0 bridgehead atoms. The van der Waals surface area contributed by atoms with Gasteiger partial charge in [0.15, 0.2) is 8.32 Å². The summed E-state index contributed by atoms with van der Waals surface area (Å²) in [6, 6.07) is 3.77. The zero-order valence-corrected chi connectivity index (χ0v) is 27.4. The molecule has 0 unspecified atom stereocenters. The lowest BCUT2D eigenvalue weighted by atomic mass is 10.00. The van der Waals surface area contributed by atoms with E-state index in [9.17, 15) is 9.59 Å². The topological polar surface area (TPSA) is 84.6 Å². The Bertz CT molecular complexity index is 1400. The van der Waals surface area contributed by atoms with Crippen LogP contribution in [0.1, 0.15) is 67.8 Å². The van der Waals surface area contributed by atoms with Crippen LogP contribution in [0.2, 0.25) is 23.2 Å². The molecule has 0 aliphatic heterocycles. The maximum absolute atomic E-state index is 13.1. The van der Waals surface area contributed by atoms with E-state index in [0.717, 1.165) is 45.4 Å². The Hall–Kier alpha value is -2.62. The molecule has 0 N–H and O–H groups in total. The van der Waals surface area contributed by atoms with Gasteiger partial charge >= 0.3 is 11.9 Å². The number of benzene rings is 1. The maximum Gasteiger partial charge on any atom is 0.354 e. The molecule has 2 heterocycles. The summed E-state index contributed by atoms with van der Waals surface area (Å²) in [7, 11) is 0.877. The lowest BCUT2D eigenvalue weighted by Crippen LogP contribution is -2.41. The van der Waals surface area contributed by atoms with Gasteiger partial charge in [0, 0.05) is 37.1 Å². The number of methoxy groups -OCH3 is 2. The normalized spacial score (nSPS) is 12.3. The second-order valence-corrected chi connectivity index (χ2v) is 16.9. The minimum Gasteiger partial charge on any atom is -0.469 e. The van der Waals surface area contributed by atoms with Crippen LogP contribution in [0, 0.1) is 13.8 Å². The second-order valence-electron chi connectivity index (χ2n) is 11.7. The van der Waals surface area contributed by atoms with Crippen LogP contribution < -0.4 is 0 Å². The highest BCUT2D eigenvalue weighted by molar-refractivity contribution is 6.74. The number of aryl methyl sites for hydroxylation is 4. The summed E-state index contributed by atoms with van der Waals surface area (Å²) in [5.41, 5.74) is 5.69. The molecule has 0 atom stereocenters. The van der Waals surface area contributed by atoms with Gasteiger partial charge in [0.25, 0.3) is 0 Å². The molecular weight excluding hydrogens is 546 g/mol. The minimum absolute atomic E-state index is 0.144. The van der Waals surface area contributed by atoms with Crippen molar-refractivity contribution in [3.63, 3.8) is 0 Å². The predicted octanol–water partition coefficient (Wildman–Crippen LogP) is 7.10. The zero-order valence-electron chi connectivity index (χ0n) is 25.7. The van der Waals surface area contributed by atoms with Crippen LogP contribution in [0.3, 0.4) is 0 Å². The summed E-state index contributed by atoms with van der Waals surface area (Å²) in [4.78, 5) is 25.1. The molecule has 220 valence electrons. The van der Waals surface area contributed by atoms with Crippen molar-refractivity contribution in [1.82, 2.24) is 14.3 Å². The number of nitrogens with zero attached hydrogens (tertiary/aromatic N) is 3. The SMILES string of the molecule is CCn1c(C(=O)OC)c(CCC(=O)OC)c2ccc(Cl)c(-c3c(C)c(C)nn3CCCO[Si](C)(C)C(C)(C)C)c21. The first kappa shape index (κ1) is 31.9. The number of fused-ring (bicyclic) bond motifs is 1. The van der Waals surface area contributed by atoms with E-state index in [1.165, 1.54) is 14.2 Å². The quantitative estimate of drug-likeness (QED) is 0.135. The van der Waals surface area contributed by atoms with E-state index < -0.39 is 14.3 Å². The number of rotatable bonds is 11. The summed E-state index contributed by atoms with van der Waals surface area (Å²) in [6.07, 6.45) is 1.29. The highest BCUT2D eigenvalue weighted by atomic mass is 35.5. The van der Waals surface area contributed by atoms with Crippen LogP contribution in [0.4, 0.5) is 0 Å². The fourth-order valence-corrected chi connectivity index (χ4v) is 6.18. The maximum atomic E-state index is 13.1. The van der Waals surface area contributed by atoms with Crippen LogP contribution in [0.15, 0.2) is 12.1 Å². The van der Waals surface area contributed by atoms with Crippen molar-refractivity contribution in [3.8, 4) is 11.3 Å². The third kappa shape index (κ3) is 6.16. The van der Waals surface area contributed by atoms with Gasteiger partial charge < -0.3 is 18.5 Å². The molecule has 0 fully saturated rings. The average molecular weight is 590 g/mol. The van der Waals surface area contributed by atoms with Gasteiger partial charge in [-0.05, 0) is 68.9 Å². The van der Waals surface area contributed by atoms with Crippen LogP contribution in [-0.2, 0) is 38.2 Å². The van der Waals surface area contributed by atoms with Gasteiger partial charge in [-0.25, -0.2) is 4.79 Å². The van der Waals surface area contributed by atoms with Gasteiger partial charge in [-0.15, -0.1) is 0 Å². The van der Waals surface area contributed by atoms with Gasteiger partial charge in [-0.2, -0.15) is 5.10 Å². The fourth-order valence-electron chi connectivity index (χ4n) is 4.85. The van der Waals surface area contributed by atoms with Crippen LogP contribution in [-0.4, -0.2) is 55.4 Å². The molecule has 0 saturated heterocycles. The standard InChI is InChI=1S/C30H44ClN3O5Si/c1-11-33-27-21(22(14-16-24(35)37-7)28(33)29(36)38-8)13-15-23(31)25(27)26-19(2)20(3)32-34(26)17-12-18-39-40(9,10)30(4,5)6/h13,15H,11-12,14,16-18H2,1-10H3. The molecule has 3 rings (SSSR count). The summed E-state index contributed by atoms with van der Waals surface area (Å²) >= 11 is 6.95. The monoisotopic (exact) mass is 589 g/mol. The van der Waals surface area contributed by atoms with E-state index in [4.69, 9.17) is 30.6 Å². The van der Waals surface area contributed by atoms with Crippen LogP contribution in [0.25, 0.3) is 22.2 Å². The van der Waals surface area contributed by atoms with Crippen LogP contribution in [0.5, 0.6) is 0 Å². The van der Waals surface area contributed by atoms with Crippen molar-refractivity contribution in [3.05, 3.63) is 39.7 Å². The lowest BCUT2D eigenvalue weighted by Gasteiger charge is -2.36. The third-order valence-corrected chi connectivity index (χ3v) is 13.1. The first-order valence-corrected chi connectivity index (χ1v) is 17.2. The van der Waals surface area contributed by atoms with Crippen molar-refractivity contribution in [2.24, 2.45) is 0 Å². The smallest absolute Gasteiger partial charge is 0.354 e. The molecule has 0 aliphatic rings. The summed E-state index contributed by atoms with van der Waals surface area (Å²) in [5.74, 6) is -0.795. The summed E-state index contributed by atoms with van der Waals surface area (Å²) in [5, 5.41) is 6.45. The van der Waals surface area contributed by atoms with E-state index in [1.54, 1.807) is 0 Å². The van der Waals surface area contributed by atoms with Gasteiger partial charge in [-0.1, -0.05) is 38.4 Å². The molecule has 0 amide bonds. The zero-order chi connectivity index (χ0) is 30.0. The van der Waals surface area contributed by atoms with Gasteiger partial charge in [0.05, 0.1) is 36.1 Å². The van der Waals surface area contributed by atoms with Crippen molar-refractivity contribution >= 4 is 42.8 Å². The molecule has 1 aromatic carbocycles. The summed E-state index contributed by atoms with van der Waals surface area (Å²) < 4.78 is 20.4.